The summed E-state index contributed by atoms with van der Waals surface area (Å²) in [6.45, 7) is 0. The highest BCUT2D eigenvalue weighted by Gasteiger charge is 2.17. The van der Waals surface area contributed by atoms with Gasteiger partial charge in [-0.2, -0.15) is 0 Å². The van der Waals surface area contributed by atoms with E-state index < -0.39 is 0 Å². The molecule has 0 aliphatic rings. The third-order valence-corrected chi connectivity index (χ3v) is 2.36. The summed E-state index contributed by atoms with van der Waals surface area (Å²) in [5, 5.41) is 7.61. The van der Waals surface area contributed by atoms with Gasteiger partial charge in [0.05, 0.1) is 14.2 Å². The molecule has 0 saturated carbocycles. The maximum Gasteiger partial charge on any atom is 0.285 e. The number of hydrogen-bond donors (Lipinski definition) is 0. The van der Waals surface area contributed by atoms with Gasteiger partial charge in [0.1, 0.15) is 17.1 Å². The average Bonchev–Trinajstić information content (AvgIpc) is 2.74. The predicted octanol–water partition coefficient (Wildman–Crippen LogP) is 2.52. The fourth-order valence-corrected chi connectivity index (χ4v) is 1.60. The van der Waals surface area contributed by atoms with Crippen LogP contribution in [0.4, 0.5) is 0 Å². The number of hydrogen-bond acceptors (Lipinski definition) is 5. The van der Waals surface area contributed by atoms with E-state index in [0.29, 0.717) is 27.8 Å². The van der Waals surface area contributed by atoms with E-state index in [-0.39, 0.29) is 0 Å². The van der Waals surface area contributed by atoms with E-state index in [9.17, 15) is 0 Å². The van der Waals surface area contributed by atoms with Gasteiger partial charge in [0.15, 0.2) is 0 Å². The molecule has 0 radical (unpaired) electrons. The third-order valence-electron chi connectivity index (χ3n) is 2.04. The highest BCUT2D eigenvalue weighted by atomic mass is 79.9. The Kier molecular flexibility index (Phi) is 3.09. The smallest absolute Gasteiger partial charge is 0.285 e. The van der Waals surface area contributed by atoms with Crippen LogP contribution in [0.3, 0.4) is 0 Å². The molecule has 1 heterocycles. The number of benzene rings is 1. The van der Waals surface area contributed by atoms with E-state index in [2.05, 4.69) is 26.1 Å². The summed E-state index contributed by atoms with van der Waals surface area (Å²) in [5.74, 6) is 1.59. The molecule has 2 aromatic rings. The second kappa shape index (κ2) is 4.52. The van der Waals surface area contributed by atoms with Crippen LogP contribution in [0.15, 0.2) is 27.4 Å². The number of halogens is 1. The zero-order valence-corrected chi connectivity index (χ0v) is 10.3. The van der Waals surface area contributed by atoms with Gasteiger partial charge in [-0.15, -0.1) is 10.2 Å². The topological polar surface area (TPSA) is 57.4 Å². The molecular weight excluding hydrogens is 276 g/mol. The summed E-state index contributed by atoms with van der Waals surface area (Å²) >= 11 is 3.10. The van der Waals surface area contributed by atoms with Gasteiger partial charge < -0.3 is 13.9 Å². The molecule has 6 heteroatoms. The lowest BCUT2D eigenvalue weighted by Crippen LogP contribution is -1.92. The molecule has 0 amide bonds. The van der Waals surface area contributed by atoms with Crippen molar-refractivity contribution in [1.29, 1.82) is 0 Å². The number of aromatic nitrogens is 2. The minimum atomic E-state index is 0.315. The Morgan fingerprint density at radius 3 is 2.19 bits per heavy atom. The van der Waals surface area contributed by atoms with Crippen molar-refractivity contribution in [3.8, 4) is 23.0 Å². The van der Waals surface area contributed by atoms with Crippen molar-refractivity contribution in [3.63, 3.8) is 0 Å². The molecule has 0 aliphatic carbocycles. The van der Waals surface area contributed by atoms with Gasteiger partial charge in [0, 0.05) is 15.9 Å². The van der Waals surface area contributed by atoms with Gasteiger partial charge >= 0.3 is 0 Å². The first-order chi connectivity index (χ1) is 7.76. The Balaban J connectivity index is 2.60. The van der Waals surface area contributed by atoms with Gasteiger partial charge in [-0.1, -0.05) is 6.07 Å². The molecule has 5 nitrogen and oxygen atoms in total. The van der Waals surface area contributed by atoms with Gasteiger partial charge in [-0.25, -0.2) is 0 Å². The Hall–Kier alpha value is -1.56. The average molecular weight is 285 g/mol. The van der Waals surface area contributed by atoms with Crippen molar-refractivity contribution in [2.24, 2.45) is 0 Å². The van der Waals surface area contributed by atoms with Crippen molar-refractivity contribution in [2.75, 3.05) is 14.2 Å². The molecule has 0 bridgehead atoms. The summed E-state index contributed by atoms with van der Waals surface area (Å²) in [7, 11) is 3.15. The monoisotopic (exact) mass is 284 g/mol. The molecule has 0 N–H and O–H groups in total. The van der Waals surface area contributed by atoms with Crippen molar-refractivity contribution in [3.05, 3.63) is 23.0 Å². The summed E-state index contributed by atoms with van der Waals surface area (Å²) in [4.78, 5) is 0.315. The van der Waals surface area contributed by atoms with Gasteiger partial charge in [-0.3, -0.25) is 0 Å². The third kappa shape index (κ3) is 1.88. The van der Waals surface area contributed by atoms with Crippen LogP contribution in [-0.4, -0.2) is 24.4 Å². The van der Waals surface area contributed by atoms with Crippen molar-refractivity contribution >= 4 is 15.9 Å². The maximum atomic E-state index is 5.29. The molecule has 0 aliphatic heterocycles. The quantitative estimate of drug-likeness (QED) is 0.867. The lowest BCUT2D eigenvalue weighted by Gasteiger charge is -2.09. The maximum absolute atomic E-state index is 5.29. The fraction of sp³-hybridized carbons (Fsp3) is 0.200. The lowest BCUT2D eigenvalue weighted by molar-refractivity contribution is 0.393. The summed E-state index contributed by atoms with van der Waals surface area (Å²) < 4.78 is 15.7. The SMILES string of the molecule is COc1cccc(OC)c1-c1nnc(Br)o1. The van der Waals surface area contributed by atoms with Gasteiger partial charge in [0.2, 0.25) is 0 Å². The Labute approximate surface area is 101 Å². The van der Waals surface area contributed by atoms with Crippen LogP contribution in [0.2, 0.25) is 0 Å². The number of nitrogens with zero attached hydrogens (tertiary/aromatic N) is 2. The molecule has 0 atom stereocenters. The van der Waals surface area contributed by atoms with E-state index >= 15 is 0 Å². The number of ether oxygens (including phenoxy) is 2. The van der Waals surface area contributed by atoms with Crippen LogP contribution in [0.1, 0.15) is 0 Å². The standard InChI is InChI=1S/C10H9BrN2O3/c1-14-6-4-3-5-7(15-2)8(6)9-12-13-10(11)16-9/h3-5H,1-2H3. The first-order valence-electron chi connectivity index (χ1n) is 4.46. The van der Waals surface area contributed by atoms with Gasteiger partial charge in [-0.05, 0) is 12.1 Å². The Morgan fingerprint density at radius 1 is 1.12 bits per heavy atom. The summed E-state index contributed by atoms with van der Waals surface area (Å²) in [6, 6.07) is 5.43. The minimum Gasteiger partial charge on any atom is -0.496 e. The van der Waals surface area contributed by atoms with Crippen molar-refractivity contribution in [2.45, 2.75) is 0 Å². The van der Waals surface area contributed by atoms with E-state index in [1.54, 1.807) is 26.4 Å². The zero-order valence-electron chi connectivity index (χ0n) is 8.73. The molecule has 1 aromatic heterocycles. The first kappa shape index (κ1) is 10.9. The molecule has 2 rings (SSSR count). The van der Waals surface area contributed by atoms with Crippen LogP contribution in [0.5, 0.6) is 11.5 Å². The fourth-order valence-electron chi connectivity index (χ4n) is 1.37. The zero-order chi connectivity index (χ0) is 11.5. The van der Waals surface area contributed by atoms with Crippen LogP contribution in [0, 0.1) is 0 Å². The molecule has 0 spiro atoms. The molecule has 1 aromatic carbocycles. The Bertz CT molecular complexity index is 476. The second-order valence-corrected chi connectivity index (χ2v) is 3.58. The van der Waals surface area contributed by atoms with E-state index in [0.717, 1.165) is 0 Å². The summed E-state index contributed by atoms with van der Waals surface area (Å²) in [5.41, 5.74) is 0.644. The van der Waals surface area contributed by atoms with Crippen LogP contribution in [-0.2, 0) is 0 Å². The van der Waals surface area contributed by atoms with Crippen LogP contribution < -0.4 is 9.47 Å². The molecular formula is C10H9BrN2O3. The number of rotatable bonds is 3. The normalized spacial score (nSPS) is 10.2. The lowest BCUT2D eigenvalue weighted by atomic mass is 10.2. The number of methoxy groups -OCH3 is 2. The first-order valence-corrected chi connectivity index (χ1v) is 5.26. The van der Waals surface area contributed by atoms with Crippen LogP contribution in [0.25, 0.3) is 11.5 Å². The van der Waals surface area contributed by atoms with E-state index in [1.807, 2.05) is 6.07 Å². The van der Waals surface area contributed by atoms with Crippen LogP contribution >= 0.6 is 15.9 Å². The van der Waals surface area contributed by atoms with E-state index in [1.165, 1.54) is 0 Å². The van der Waals surface area contributed by atoms with Crippen molar-refractivity contribution < 1.29 is 13.9 Å². The predicted molar refractivity (Wildman–Crippen MR) is 60.5 cm³/mol. The van der Waals surface area contributed by atoms with E-state index in [4.69, 9.17) is 13.9 Å². The molecule has 16 heavy (non-hydrogen) atoms. The molecule has 0 saturated heterocycles. The summed E-state index contributed by atoms with van der Waals surface area (Å²) in [6.07, 6.45) is 0. The second-order valence-electron chi connectivity index (χ2n) is 2.90. The minimum absolute atomic E-state index is 0.315. The molecule has 84 valence electrons. The highest BCUT2D eigenvalue weighted by molar-refractivity contribution is 9.10. The van der Waals surface area contributed by atoms with Gasteiger partial charge in [0.25, 0.3) is 10.7 Å². The van der Waals surface area contributed by atoms with Crippen molar-refractivity contribution in [1.82, 2.24) is 10.2 Å². The highest BCUT2D eigenvalue weighted by Crippen LogP contribution is 2.37. The Morgan fingerprint density at radius 2 is 1.75 bits per heavy atom. The molecule has 0 fully saturated rings. The molecule has 0 unspecified atom stereocenters. The largest absolute Gasteiger partial charge is 0.496 e.